The standard InChI is InChI=1S/C38H57NO8/c1-33(2)22(30(42)39-25(31(43)47-9)10-11-28(41)46-8)12-14-36(5)27(33)13-15-38(7)29(36)26(40)20-23-24-21-35(4,32(44)45)17-16-34(24,3)18-19-37(23,38)6/h20,22,24-25,27,29H,10-19,21H2,1-9H3,(H,39,42)(H,44,45)/t22-,24+,25+,27+,29-,34-,35+,36+,37-,38-/m1/s1. The van der Waals surface area contributed by atoms with E-state index in [2.05, 4.69) is 46.9 Å². The van der Waals surface area contributed by atoms with Crippen LogP contribution in [0.4, 0.5) is 0 Å². The lowest BCUT2D eigenvalue weighted by Gasteiger charge is -2.70. The van der Waals surface area contributed by atoms with E-state index in [1.165, 1.54) is 19.8 Å². The van der Waals surface area contributed by atoms with Crippen molar-refractivity contribution in [1.82, 2.24) is 5.32 Å². The first kappa shape index (κ1) is 35.6. The molecular weight excluding hydrogens is 598 g/mol. The smallest absolute Gasteiger partial charge is 0.328 e. The second-order valence-electron chi connectivity index (χ2n) is 17.7. The maximum absolute atomic E-state index is 14.6. The zero-order valence-corrected chi connectivity index (χ0v) is 30.0. The normalized spacial score (nSPS) is 42.7. The van der Waals surface area contributed by atoms with Crippen molar-refractivity contribution in [3.8, 4) is 0 Å². The molecule has 47 heavy (non-hydrogen) atoms. The Morgan fingerprint density at radius 3 is 2.19 bits per heavy atom. The van der Waals surface area contributed by atoms with Crippen LogP contribution in [0.1, 0.15) is 119 Å². The first-order valence-electron chi connectivity index (χ1n) is 17.7. The molecule has 9 heteroatoms. The molecule has 0 saturated heterocycles. The number of carbonyl (C=O) groups excluding carboxylic acids is 4. The van der Waals surface area contributed by atoms with E-state index in [-0.39, 0.29) is 69.9 Å². The van der Waals surface area contributed by atoms with Crippen molar-refractivity contribution in [2.24, 2.45) is 56.2 Å². The Labute approximate surface area is 280 Å². The highest BCUT2D eigenvalue weighted by Crippen LogP contribution is 2.75. The van der Waals surface area contributed by atoms with Gasteiger partial charge in [-0.3, -0.25) is 19.2 Å². The predicted octanol–water partition coefficient (Wildman–Crippen LogP) is 6.28. The molecule has 10 atom stereocenters. The van der Waals surface area contributed by atoms with E-state index in [1.807, 2.05) is 13.0 Å². The molecule has 4 fully saturated rings. The van der Waals surface area contributed by atoms with Gasteiger partial charge < -0.3 is 19.9 Å². The van der Waals surface area contributed by atoms with E-state index in [9.17, 15) is 29.1 Å². The zero-order chi connectivity index (χ0) is 35.0. The van der Waals surface area contributed by atoms with Gasteiger partial charge in [-0.2, -0.15) is 0 Å². The molecule has 0 spiro atoms. The van der Waals surface area contributed by atoms with Gasteiger partial charge in [-0.05, 0) is 116 Å². The van der Waals surface area contributed by atoms with Crippen molar-refractivity contribution >= 4 is 29.6 Å². The number of carboxylic acids is 1. The molecule has 4 saturated carbocycles. The Balaban J connectivity index is 1.45. The SMILES string of the molecule is COC(=O)CC[C@H](NC(=O)[C@H]1CC[C@]2(C)[C@H]3C(=O)C=C4[C@@H]5C[C@@](C)(C(=O)O)CC[C@]5(C)CC[C@@]4(C)[C@]3(C)CC[C@H]2C1(C)C)C(=O)OC. The number of carbonyl (C=O) groups is 5. The van der Waals surface area contributed by atoms with Gasteiger partial charge in [0.2, 0.25) is 5.91 Å². The maximum atomic E-state index is 14.6. The number of hydrogen-bond acceptors (Lipinski definition) is 7. The first-order chi connectivity index (χ1) is 21.7. The van der Waals surface area contributed by atoms with Gasteiger partial charge in [0, 0.05) is 18.3 Å². The molecule has 0 aromatic carbocycles. The molecule has 0 aromatic heterocycles. The van der Waals surface area contributed by atoms with E-state index in [0.717, 1.165) is 32.1 Å². The second-order valence-corrected chi connectivity index (χ2v) is 17.7. The van der Waals surface area contributed by atoms with E-state index in [0.29, 0.717) is 25.7 Å². The number of ketones is 1. The highest BCUT2D eigenvalue weighted by Gasteiger charge is 2.70. The predicted molar refractivity (Wildman–Crippen MR) is 176 cm³/mol. The Hall–Kier alpha value is -2.71. The van der Waals surface area contributed by atoms with Crippen LogP contribution in [0.25, 0.3) is 0 Å². The lowest BCUT2D eigenvalue weighted by Crippen LogP contribution is -2.66. The van der Waals surface area contributed by atoms with Crippen LogP contribution in [-0.2, 0) is 33.4 Å². The third kappa shape index (κ3) is 5.27. The molecule has 2 N–H and O–H groups in total. The van der Waals surface area contributed by atoms with E-state index in [4.69, 9.17) is 9.47 Å². The lowest BCUT2D eigenvalue weighted by atomic mass is 9.33. The fourth-order valence-corrected chi connectivity index (χ4v) is 11.9. The van der Waals surface area contributed by atoms with Crippen molar-refractivity contribution in [2.45, 2.75) is 125 Å². The van der Waals surface area contributed by atoms with Crippen LogP contribution >= 0.6 is 0 Å². The number of rotatable bonds is 7. The summed E-state index contributed by atoms with van der Waals surface area (Å²) in [4.78, 5) is 65.3. The van der Waals surface area contributed by atoms with E-state index >= 15 is 0 Å². The number of ether oxygens (including phenoxy) is 2. The Morgan fingerprint density at radius 2 is 1.57 bits per heavy atom. The molecule has 5 aliphatic carbocycles. The molecule has 5 aliphatic rings. The monoisotopic (exact) mass is 655 g/mol. The number of methoxy groups -OCH3 is 2. The summed E-state index contributed by atoms with van der Waals surface area (Å²) in [6.45, 7) is 15.4. The van der Waals surface area contributed by atoms with E-state index < -0.39 is 34.8 Å². The molecular formula is C38H57NO8. The van der Waals surface area contributed by atoms with Crippen LogP contribution in [0.15, 0.2) is 11.6 Å². The van der Waals surface area contributed by atoms with Gasteiger partial charge >= 0.3 is 17.9 Å². The van der Waals surface area contributed by atoms with Crippen LogP contribution in [0.2, 0.25) is 0 Å². The van der Waals surface area contributed by atoms with Gasteiger partial charge in [0.15, 0.2) is 5.78 Å². The molecule has 0 bridgehead atoms. The molecule has 0 heterocycles. The minimum atomic E-state index is -0.950. The summed E-state index contributed by atoms with van der Waals surface area (Å²) in [6.07, 6.45) is 9.21. The van der Waals surface area contributed by atoms with Gasteiger partial charge in [-0.1, -0.05) is 47.1 Å². The summed E-state index contributed by atoms with van der Waals surface area (Å²) in [6, 6.07) is -0.950. The molecule has 0 unspecified atom stereocenters. The fourth-order valence-electron chi connectivity index (χ4n) is 11.9. The largest absolute Gasteiger partial charge is 0.481 e. The summed E-state index contributed by atoms with van der Waals surface area (Å²) in [5, 5.41) is 13.1. The zero-order valence-electron chi connectivity index (χ0n) is 30.0. The number of carboxylic acid groups (broad SMARTS) is 1. The topological polar surface area (TPSA) is 136 Å². The third-order valence-electron chi connectivity index (χ3n) is 15.1. The number of hydrogen-bond donors (Lipinski definition) is 2. The number of fused-ring (bicyclic) bond motifs is 7. The summed E-state index contributed by atoms with van der Waals surface area (Å²) >= 11 is 0. The Kier molecular flexibility index (Phi) is 8.87. The molecule has 1 amide bonds. The minimum Gasteiger partial charge on any atom is -0.481 e. The number of esters is 2. The molecule has 262 valence electrons. The van der Waals surface area contributed by atoms with E-state index in [1.54, 1.807) is 0 Å². The lowest BCUT2D eigenvalue weighted by molar-refractivity contribution is -0.195. The van der Waals surface area contributed by atoms with Crippen LogP contribution in [0.3, 0.4) is 0 Å². The molecule has 0 radical (unpaired) electrons. The van der Waals surface area contributed by atoms with Crippen molar-refractivity contribution in [1.29, 1.82) is 0 Å². The van der Waals surface area contributed by atoms with Gasteiger partial charge in [0.25, 0.3) is 0 Å². The first-order valence-corrected chi connectivity index (χ1v) is 17.7. The number of amides is 1. The van der Waals surface area contributed by atoms with Crippen molar-refractivity contribution in [3.05, 3.63) is 11.6 Å². The van der Waals surface area contributed by atoms with Gasteiger partial charge in [-0.25, -0.2) is 4.79 Å². The fraction of sp³-hybridized carbons (Fsp3) is 0.816. The van der Waals surface area contributed by atoms with Gasteiger partial charge in [-0.15, -0.1) is 0 Å². The summed E-state index contributed by atoms with van der Waals surface area (Å²) in [5.41, 5.74) is -0.883. The summed E-state index contributed by atoms with van der Waals surface area (Å²) in [7, 11) is 2.55. The van der Waals surface area contributed by atoms with Crippen LogP contribution in [0.5, 0.6) is 0 Å². The molecule has 0 aliphatic heterocycles. The quantitative estimate of drug-likeness (QED) is 0.306. The third-order valence-corrected chi connectivity index (χ3v) is 15.1. The van der Waals surface area contributed by atoms with Crippen LogP contribution < -0.4 is 5.32 Å². The summed E-state index contributed by atoms with van der Waals surface area (Å²) in [5.74, 6) is -2.25. The van der Waals surface area contributed by atoms with Crippen molar-refractivity contribution < 1.29 is 38.6 Å². The second kappa shape index (κ2) is 11.7. The highest BCUT2D eigenvalue weighted by atomic mass is 16.5. The maximum Gasteiger partial charge on any atom is 0.328 e. The number of nitrogens with one attached hydrogen (secondary N) is 1. The molecule has 5 rings (SSSR count). The van der Waals surface area contributed by atoms with Crippen LogP contribution in [-0.4, -0.2) is 55.0 Å². The minimum absolute atomic E-state index is 0.00277. The van der Waals surface area contributed by atoms with Gasteiger partial charge in [0.1, 0.15) is 6.04 Å². The van der Waals surface area contributed by atoms with Crippen molar-refractivity contribution in [3.63, 3.8) is 0 Å². The highest BCUT2D eigenvalue weighted by molar-refractivity contribution is 5.96. The Bertz CT molecular complexity index is 1390. The van der Waals surface area contributed by atoms with Crippen LogP contribution in [0, 0.1) is 56.2 Å². The Morgan fingerprint density at radius 1 is 0.915 bits per heavy atom. The molecule has 9 nitrogen and oxygen atoms in total. The molecule has 0 aromatic rings. The van der Waals surface area contributed by atoms with Crippen molar-refractivity contribution in [2.75, 3.05) is 14.2 Å². The number of aliphatic carboxylic acids is 1. The summed E-state index contributed by atoms with van der Waals surface area (Å²) < 4.78 is 9.67. The average molecular weight is 656 g/mol. The number of allylic oxidation sites excluding steroid dienone is 2. The van der Waals surface area contributed by atoms with Gasteiger partial charge in [0.05, 0.1) is 19.6 Å². The average Bonchev–Trinajstić information content (AvgIpc) is 2.99.